The Morgan fingerprint density at radius 3 is 2.58 bits per heavy atom. The van der Waals surface area contributed by atoms with E-state index in [-0.39, 0.29) is 0 Å². The summed E-state index contributed by atoms with van der Waals surface area (Å²) in [6.07, 6.45) is 7.52. The van der Waals surface area contributed by atoms with Crippen molar-refractivity contribution in [3.8, 4) is 11.1 Å². The van der Waals surface area contributed by atoms with Crippen LogP contribution in [0.15, 0.2) is 67.3 Å². The minimum atomic E-state index is 0.870. The van der Waals surface area contributed by atoms with Crippen molar-refractivity contribution in [2.24, 2.45) is 0 Å². The predicted octanol–water partition coefficient (Wildman–Crippen LogP) is 5.23. The second-order valence-corrected chi connectivity index (χ2v) is 5.97. The maximum Gasteiger partial charge on any atom is 0.132 e. The van der Waals surface area contributed by atoms with Crippen LogP contribution in [0.5, 0.6) is 0 Å². The fourth-order valence-electron chi connectivity index (χ4n) is 2.56. The Kier molecular flexibility index (Phi) is 4.71. The standard InChI is InChI=1S/C21H21N3/c1-15-6-4-7-18(10-15)20-11-16(2)21(24-14-20)23-12-17(3)19-8-5-9-22-13-19/h4-14H,1-3H3,(H,23,24)/b17-12+. The molecule has 0 aliphatic carbocycles. The van der Waals surface area contributed by atoms with Crippen LogP contribution in [0.3, 0.4) is 0 Å². The number of anilines is 1. The zero-order valence-electron chi connectivity index (χ0n) is 14.2. The van der Waals surface area contributed by atoms with Gasteiger partial charge in [0.05, 0.1) is 0 Å². The molecule has 0 aliphatic rings. The molecule has 2 heterocycles. The summed E-state index contributed by atoms with van der Waals surface area (Å²) in [6.45, 7) is 6.23. The normalized spacial score (nSPS) is 11.4. The molecule has 1 N–H and O–H groups in total. The van der Waals surface area contributed by atoms with Crippen molar-refractivity contribution in [2.75, 3.05) is 5.32 Å². The summed E-state index contributed by atoms with van der Waals surface area (Å²) in [5, 5.41) is 3.30. The predicted molar refractivity (Wildman–Crippen MR) is 101 cm³/mol. The summed E-state index contributed by atoms with van der Waals surface area (Å²) in [6, 6.07) is 14.6. The van der Waals surface area contributed by atoms with Crippen molar-refractivity contribution in [2.45, 2.75) is 20.8 Å². The highest BCUT2D eigenvalue weighted by Gasteiger charge is 2.04. The van der Waals surface area contributed by atoms with Crippen LogP contribution in [0.4, 0.5) is 5.82 Å². The molecule has 3 rings (SSSR count). The van der Waals surface area contributed by atoms with E-state index in [9.17, 15) is 0 Å². The van der Waals surface area contributed by atoms with Crippen LogP contribution in [0.1, 0.15) is 23.6 Å². The first kappa shape index (κ1) is 15.9. The van der Waals surface area contributed by atoms with E-state index in [2.05, 4.69) is 66.4 Å². The van der Waals surface area contributed by atoms with Gasteiger partial charge in [-0.2, -0.15) is 0 Å². The SMILES string of the molecule is C/C(=C\Nc1ncc(-c2cccc(C)c2)cc1C)c1cccnc1. The number of hydrogen-bond acceptors (Lipinski definition) is 3. The summed E-state index contributed by atoms with van der Waals surface area (Å²) >= 11 is 0. The van der Waals surface area contributed by atoms with E-state index in [4.69, 9.17) is 0 Å². The van der Waals surface area contributed by atoms with Gasteiger partial charge in [0.15, 0.2) is 0 Å². The van der Waals surface area contributed by atoms with Gasteiger partial charge in [-0.15, -0.1) is 0 Å². The van der Waals surface area contributed by atoms with Crippen molar-refractivity contribution in [1.29, 1.82) is 0 Å². The molecule has 3 aromatic rings. The number of aromatic nitrogens is 2. The highest BCUT2D eigenvalue weighted by Crippen LogP contribution is 2.24. The number of nitrogens with zero attached hydrogens (tertiary/aromatic N) is 2. The first-order chi connectivity index (χ1) is 11.6. The average molecular weight is 315 g/mol. The number of allylic oxidation sites excluding steroid dienone is 1. The molecule has 24 heavy (non-hydrogen) atoms. The number of nitrogens with one attached hydrogen (secondary N) is 1. The fraction of sp³-hybridized carbons (Fsp3) is 0.143. The number of hydrogen-bond donors (Lipinski definition) is 1. The summed E-state index contributed by atoms with van der Waals surface area (Å²) in [7, 11) is 0. The zero-order valence-corrected chi connectivity index (χ0v) is 14.2. The molecule has 0 atom stereocenters. The number of rotatable bonds is 4. The first-order valence-electron chi connectivity index (χ1n) is 8.01. The van der Waals surface area contributed by atoms with Gasteiger partial charge in [-0.25, -0.2) is 4.98 Å². The minimum Gasteiger partial charge on any atom is -0.346 e. The highest BCUT2D eigenvalue weighted by atomic mass is 15.0. The van der Waals surface area contributed by atoms with E-state index in [1.54, 1.807) is 6.20 Å². The molecule has 0 aliphatic heterocycles. The molecule has 0 fully saturated rings. The summed E-state index contributed by atoms with van der Waals surface area (Å²) < 4.78 is 0. The molecule has 1 aromatic carbocycles. The third-order valence-corrected chi connectivity index (χ3v) is 3.97. The molecule has 0 saturated heterocycles. The lowest BCUT2D eigenvalue weighted by Crippen LogP contribution is -1.97. The molecule has 3 heteroatoms. The topological polar surface area (TPSA) is 37.8 Å². The molecule has 0 bridgehead atoms. The quantitative estimate of drug-likeness (QED) is 0.716. The van der Waals surface area contributed by atoms with Crippen LogP contribution in [-0.2, 0) is 0 Å². The molecule has 0 radical (unpaired) electrons. The van der Waals surface area contributed by atoms with Gasteiger partial charge >= 0.3 is 0 Å². The van der Waals surface area contributed by atoms with Crippen molar-refractivity contribution in [3.05, 3.63) is 83.9 Å². The van der Waals surface area contributed by atoms with Gasteiger partial charge in [0.25, 0.3) is 0 Å². The second-order valence-electron chi connectivity index (χ2n) is 5.97. The molecule has 0 amide bonds. The van der Waals surface area contributed by atoms with E-state index < -0.39 is 0 Å². The lowest BCUT2D eigenvalue weighted by Gasteiger charge is -2.09. The number of benzene rings is 1. The van der Waals surface area contributed by atoms with Crippen molar-refractivity contribution in [3.63, 3.8) is 0 Å². The Morgan fingerprint density at radius 1 is 1.00 bits per heavy atom. The van der Waals surface area contributed by atoms with Gasteiger partial charge < -0.3 is 5.32 Å². The van der Waals surface area contributed by atoms with E-state index in [0.717, 1.165) is 28.1 Å². The van der Waals surface area contributed by atoms with E-state index >= 15 is 0 Å². The van der Waals surface area contributed by atoms with E-state index in [0.29, 0.717) is 0 Å². The number of aryl methyl sites for hydroxylation is 2. The summed E-state index contributed by atoms with van der Waals surface area (Å²) in [4.78, 5) is 8.72. The van der Waals surface area contributed by atoms with Crippen molar-refractivity contribution >= 4 is 11.4 Å². The molecule has 0 unspecified atom stereocenters. The van der Waals surface area contributed by atoms with Crippen LogP contribution in [0.25, 0.3) is 16.7 Å². The van der Waals surface area contributed by atoms with Crippen LogP contribution in [0, 0.1) is 13.8 Å². The Labute approximate surface area is 143 Å². The summed E-state index contributed by atoms with van der Waals surface area (Å²) in [5.74, 6) is 0.870. The van der Waals surface area contributed by atoms with Gasteiger partial charge in [-0.05, 0) is 55.2 Å². The van der Waals surface area contributed by atoms with E-state index in [1.165, 1.54) is 11.1 Å². The average Bonchev–Trinajstić information content (AvgIpc) is 2.61. The molecular weight excluding hydrogens is 294 g/mol. The Morgan fingerprint density at radius 2 is 1.88 bits per heavy atom. The Balaban J connectivity index is 1.81. The van der Waals surface area contributed by atoms with Gasteiger partial charge in [0.2, 0.25) is 0 Å². The lowest BCUT2D eigenvalue weighted by atomic mass is 10.0. The van der Waals surface area contributed by atoms with Gasteiger partial charge in [-0.1, -0.05) is 35.9 Å². The Bertz CT molecular complexity index is 867. The highest BCUT2D eigenvalue weighted by molar-refractivity contribution is 5.68. The maximum absolute atomic E-state index is 4.58. The fourth-order valence-corrected chi connectivity index (χ4v) is 2.56. The van der Waals surface area contributed by atoms with Crippen LogP contribution in [0.2, 0.25) is 0 Å². The molecule has 0 saturated carbocycles. The lowest BCUT2D eigenvalue weighted by molar-refractivity contribution is 1.25. The Hall–Kier alpha value is -2.94. The zero-order chi connectivity index (χ0) is 16.9. The molecular formula is C21H21N3. The van der Waals surface area contributed by atoms with Crippen molar-refractivity contribution < 1.29 is 0 Å². The molecule has 3 nitrogen and oxygen atoms in total. The molecule has 2 aromatic heterocycles. The van der Waals surface area contributed by atoms with Crippen molar-refractivity contribution in [1.82, 2.24) is 9.97 Å². The van der Waals surface area contributed by atoms with Crippen LogP contribution < -0.4 is 5.32 Å². The number of pyridine rings is 2. The largest absolute Gasteiger partial charge is 0.346 e. The van der Waals surface area contributed by atoms with E-state index in [1.807, 2.05) is 30.7 Å². The third kappa shape index (κ3) is 3.69. The third-order valence-electron chi connectivity index (χ3n) is 3.97. The smallest absolute Gasteiger partial charge is 0.132 e. The maximum atomic E-state index is 4.58. The molecule has 120 valence electrons. The monoisotopic (exact) mass is 315 g/mol. The second kappa shape index (κ2) is 7.09. The molecule has 0 spiro atoms. The summed E-state index contributed by atoms with van der Waals surface area (Å²) in [5.41, 5.74) is 6.91. The van der Waals surface area contributed by atoms with Gasteiger partial charge in [0, 0.05) is 30.4 Å². The first-order valence-corrected chi connectivity index (χ1v) is 8.01. The van der Waals surface area contributed by atoms with Crippen LogP contribution >= 0.6 is 0 Å². The van der Waals surface area contributed by atoms with Gasteiger partial charge in [-0.3, -0.25) is 4.98 Å². The minimum absolute atomic E-state index is 0.870. The van der Waals surface area contributed by atoms with Gasteiger partial charge in [0.1, 0.15) is 5.82 Å². The van der Waals surface area contributed by atoms with Crippen LogP contribution in [-0.4, -0.2) is 9.97 Å².